The summed E-state index contributed by atoms with van der Waals surface area (Å²) in [5.74, 6) is -1.47. The van der Waals surface area contributed by atoms with Gasteiger partial charge in [-0.05, 0) is 25.5 Å². The third-order valence-electron chi connectivity index (χ3n) is 2.30. The van der Waals surface area contributed by atoms with Crippen LogP contribution >= 0.6 is 15.9 Å². The summed E-state index contributed by atoms with van der Waals surface area (Å²) in [5.41, 5.74) is 7.01. The van der Waals surface area contributed by atoms with E-state index in [0.717, 1.165) is 5.57 Å². The maximum absolute atomic E-state index is 10.9. The van der Waals surface area contributed by atoms with E-state index in [1.54, 1.807) is 6.07 Å². The van der Waals surface area contributed by atoms with Gasteiger partial charge >= 0.3 is 5.97 Å². The van der Waals surface area contributed by atoms with Crippen molar-refractivity contribution in [3.8, 4) is 5.75 Å². The fourth-order valence-corrected chi connectivity index (χ4v) is 2.03. The van der Waals surface area contributed by atoms with Gasteiger partial charge in [-0.25, -0.2) is 4.79 Å². The molecule has 0 radical (unpaired) electrons. The van der Waals surface area contributed by atoms with Crippen molar-refractivity contribution >= 4 is 21.9 Å². The summed E-state index contributed by atoms with van der Waals surface area (Å²) in [7, 11) is 0. The fraction of sp³-hybridized carbons (Fsp3) is 0.250. The van der Waals surface area contributed by atoms with Crippen LogP contribution in [-0.2, 0) is 0 Å². The molecule has 4 nitrogen and oxygen atoms in total. The highest BCUT2D eigenvalue weighted by Crippen LogP contribution is 2.33. The molecule has 0 saturated heterocycles. The molecular weight excluding hydrogens is 286 g/mol. The van der Waals surface area contributed by atoms with Crippen molar-refractivity contribution in [1.82, 2.24) is 0 Å². The number of hydrogen-bond donors (Lipinski definition) is 3. The average molecular weight is 300 g/mol. The monoisotopic (exact) mass is 299 g/mol. The molecule has 1 atom stereocenters. The highest BCUT2D eigenvalue weighted by atomic mass is 79.9. The standard InChI is InChI=1S/C12H14BrNO3/c1-6(2)3-10(14)8-4-7(13)5-9(11(8)15)12(16)17/h4-5,10,15H,1,3,14H2,2H3,(H,16,17)/t10-/m1/s1. The van der Waals surface area contributed by atoms with E-state index < -0.39 is 12.0 Å². The number of carboxylic acids is 1. The number of rotatable bonds is 4. The number of aromatic hydroxyl groups is 1. The van der Waals surface area contributed by atoms with Crippen LogP contribution in [0.1, 0.15) is 35.3 Å². The summed E-state index contributed by atoms with van der Waals surface area (Å²) in [6.07, 6.45) is 0.489. The maximum Gasteiger partial charge on any atom is 0.339 e. The number of phenols is 1. The average Bonchev–Trinajstić information content (AvgIpc) is 2.19. The van der Waals surface area contributed by atoms with E-state index in [1.165, 1.54) is 6.07 Å². The minimum Gasteiger partial charge on any atom is -0.507 e. The molecule has 4 N–H and O–H groups in total. The van der Waals surface area contributed by atoms with Gasteiger partial charge in [0.15, 0.2) is 0 Å². The number of nitrogens with two attached hydrogens (primary N) is 1. The first kappa shape index (κ1) is 13.7. The van der Waals surface area contributed by atoms with Crippen molar-refractivity contribution in [2.24, 2.45) is 5.73 Å². The van der Waals surface area contributed by atoms with Crippen molar-refractivity contribution in [3.05, 3.63) is 39.9 Å². The van der Waals surface area contributed by atoms with E-state index in [-0.39, 0.29) is 11.3 Å². The SMILES string of the molecule is C=C(C)C[C@@H](N)c1cc(Br)cc(C(=O)O)c1O. The van der Waals surface area contributed by atoms with Crippen LogP contribution in [0.15, 0.2) is 28.8 Å². The van der Waals surface area contributed by atoms with Gasteiger partial charge in [-0.15, -0.1) is 6.58 Å². The fourth-order valence-electron chi connectivity index (χ4n) is 1.55. The molecule has 0 aliphatic carbocycles. The minimum absolute atomic E-state index is 0.161. The van der Waals surface area contributed by atoms with Gasteiger partial charge in [-0.1, -0.05) is 21.5 Å². The van der Waals surface area contributed by atoms with Crippen LogP contribution in [0.5, 0.6) is 5.75 Å². The van der Waals surface area contributed by atoms with Crippen molar-refractivity contribution in [3.63, 3.8) is 0 Å². The van der Waals surface area contributed by atoms with Crippen molar-refractivity contribution < 1.29 is 15.0 Å². The van der Waals surface area contributed by atoms with E-state index in [1.807, 2.05) is 6.92 Å². The highest BCUT2D eigenvalue weighted by Gasteiger charge is 2.19. The lowest BCUT2D eigenvalue weighted by Crippen LogP contribution is -2.12. The van der Waals surface area contributed by atoms with Gasteiger partial charge in [-0.3, -0.25) is 0 Å². The summed E-state index contributed by atoms with van der Waals surface area (Å²) >= 11 is 3.20. The Morgan fingerprint density at radius 3 is 2.65 bits per heavy atom. The first-order valence-electron chi connectivity index (χ1n) is 4.98. The Labute approximate surface area is 108 Å². The molecule has 0 aliphatic rings. The van der Waals surface area contributed by atoms with Crippen LogP contribution in [0, 0.1) is 0 Å². The summed E-state index contributed by atoms with van der Waals surface area (Å²) in [4.78, 5) is 10.9. The predicted octanol–water partition coefficient (Wildman–Crippen LogP) is 2.82. The molecular formula is C12H14BrNO3. The number of aromatic carboxylic acids is 1. The zero-order chi connectivity index (χ0) is 13.2. The van der Waals surface area contributed by atoms with Crippen LogP contribution in [0.25, 0.3) is 0 Å². The Kier molecular flexibility index (Phi) is 4.31. The summed E-state index contributed by atoms with van der Waals surface area (Å²) in [6.45, 7) is 5.57. The summed E-state index contributed by atoms with van der Waals surface area (Å²) in [5, 5.41) is 18.8. The molecule has 0 heterocycles. The van der Waals surface area contributed by atoms with Crippen LogP contribution in [0.3, 0.4) is 0 Å². The van der Waals surface area contributed by atoms with Crippen LogP contribution in [0.4, 0.5) is 0 Å². The molecule has 0 aliphatic heterocycles. The topological polar surface area (TPSA) is 83.6 Å². The first-order chi connectivity index (χ1) is 7.82. The number of benzene rings is 1. The van der Waals surface area contributed by atoms with Gasteiger partial charge in [-0.2, -0.15) is 0 Å². The maximum atomic E-state index is 10.9. The smallest absolute Gasteiger partial charge is 0.339 e. The number of halogens is 1. The predicted molar refractivity (Wildman–Crippen MR) is 69.1 cm³/mol. The lowest BCUT2D eigenvalue weighted by molar-refractivity contribution is 0.0693. The Morgan fingerprint density at radius 2 is 2.18 bits per heavy atom. The second-order valence-electron chi connectivity index (χ2n) is 3.96. The molecule has 1 rings (SSSR count). The van der Waals surface area contributed by atoms with E-state index in [2.05, 4.69) is 22.5 Å². The Balaban J connectivity index is 3.24. The molecule has 5 heteroatoms. The molecule has 17 heavy (non-hydrogen) atoms. The minimum atomic E-state index is -1.19. The van der Waals surface area contributed by atoms with Crippen molar-refractivity contribution in [2.75, 3.05) is 0 Å². The van der Waals surface area contributed by atoms with Gasteiger partial charge in [0.25, 0.3) is 0 Å². The van der Waals surface area contributed by atoms with Crippen LogP contribution in [0.2, 0.25) is 0 Å². The van der Waals surface area contributed by atoms with E-state index >= 15 is 0 Å². The lowest BCUT2D eigenvalue weighted by atomic mass is 9.98. The molecule has 1 aromatic rings. The third kappa shape index (κ3) is 3.31. The van der Waals surface area contributed by atoms with Gasteiger partial charge in [0.05, 0.1) is 0 Å². The van der Waals surface area contributed by atoms with Gasteiger partial charge in [0.2, 0.25) is 0 Å². The van der Waals surface area contributed by atoms with Gasteiger partial charge < -0.3 is 15.9 Å². The second-order valence-corrected chi connectivity index (χ2v) is 4.88. The quantitative estimate of drug-likeness (QED) is 0.747. The van der Waals surface area contributed by atoms with Crippen molar-refractivity contribution in [2.45, 2.75) is 19.4 Å². The zero-order valence-corrected chi connectivity index (χ0v) is 11.0. The van der Waals surface area contributed by atoms with E-state index in [0.29, 0.717) is 16.5 Å². The van der Waals surface area contributed by atoms with Crippen LogP contribution in [-0.4, -0.2) is 16.2 Å². The molecule has 1 aromatic carbocycles. The Morgan fingerprint density at radius 1 is 1.59 bits per heavy atom. The summed E-state index contributed by atoms with van der Waals surface area (Å²) in [6, 6.07) is 2.49. The van der Waals surface area contributed by atoms with Gasteiger partial charge in [0.1, 0.15) is 11.3 Å². The molecule has 0 saturated carbocycles. The number of hydrogen-bond acceptors (Lipinski definition) is 3. The molecule has 0 bridgehead atoms. The number of carbonyl (C=O) groups is 1. The molecule has 0 aromatic heterocycles. The second kappa shape index (κ2) is 5.33. The molecule has 0 fully saturated rings. The number of carboxylic acid groups (broad SMARTS) is 1. The molecule has 92 valence electrons. The highest BCUT2D eigenvalue weighted by molar-refractivity contribution is 9.10. The lowest BCUT2D eigenvalue weighted by Gasteiger charge is -2.15. The largest absolute Gasteiger partial charge is 0.507 e. The first-order valence-corrected chi connectivity index (χ1v) is 5.78. The van der Waals surface area contributed by atoms with E-state index in [9.17, 15) is 9.90 Å². The van der Waals surface area contributed by atoms with Crippen LogP contribution < -0.4 is 5.73 Å². The third-order valence-corrected chi connectivity index (χ3v) is 2.76. The molecule has 0 amide bonds. The molecule has 0 spiro atoms. The summed E-state index contributed by atoms with van der Waals surface area (Å²) < 4.78 is 0.569. The molecule has 0 unspecified atom stereocenters. The normalized spacial score (nSPS) is 12.2. The Bertz CT molecular complexity index is 471. The van der Waals surface area contributed by atoms with E-state index in [4.69, 9.17) is 10.8 Å². The Hall–Kier alpha value is -1.33. The zero-order valence-electron chi connectivity index (χ0n) is 9.40. The van der Waals surface area contributed by atoms with Crippen molar-refractivity contribution in [1.29, 1.82) is 0 Å². The van der Waals surface area contributed by atoms with Gasteiger partial charge in [0, 0.05) is 16.1 Å².